The molecule has 3 amide bonds. The second-order valence-electron chi connectivity index (χ2n) is 4.62. The van der Waals surface area contributed by atoms with E-state index in [2.05, 4.69) is 5.32 Å². The van der Waals surface area contributed by atoms with Crippen LogP contribution in [0.3, 0.4) is 0 Å². The number of anilines is 1. The number of nitrogens with two attached hydrogens (primary N) is 1. The first-order valence-electron chi connectivity index (χ1n) is 6.13. The summed E-state index contributed by atoms with van der Waals surface area (Å²) in [6.45, 7) is 2.01. The Morgan fingerprint density at radius 1 is 1.40 bits per heavy atom. The zero-order valence-corrected chi connectivity index (χ0v) is 10.9. The number of aromatic carboxylic acids is 1. The molecular weight excluding hydrogens is 262 g/mol. The number of carbonyl (C=O) groups is 3. The molecule has 0 bridgehead atoms. The molecule has 1 atom stereocenters. The van der Waals surface area contributed by atoms with Gasteiger partial charge >= 0.3 is 12.0 Å². The van der Waals surface area contributed by atoms with E-state index in [9.17, 15) is 14.4 Å². The molecule has 0 spiro atoms. The van der Waals surface area contributed by atoms with Crippen molar-refractivity contribution in [1.29, 1.82) is 0 Å². The molecule has 1 aromatic rings. The molecule has 1 aromatic carbocycles. The van der Waals surface area contributed by atoms with Gasteiger partial charge < -0.3 is 21.1 Å². The first-order chi connectivity index (χ1) is 9.40. The Labute approximate surface area is 115 Å². The van der Waals surface area contributed by atoms with Crippen molar-refractivity contribution in [2.45, 2.75) is 19.4 Å². The molecule has 0 aliphatic carbocycles. The van der Waals surface area contributed by atoms with Crippen LogP contribution in [0.2, 0.25) is 0 Å². The minimum Gasteiger partial charge on any atom is -0.478 e. The summed E-state index contributed by atoms with van der Waals surface area (Å²) in [5.74, 6) is -1.27. The molecule has 2 rings (SSSR count). The van der Waals surface area contributed by atoms with Crippen LogP contribution in [-0.2, 0) is 11.2 Å². The summed E-state index contributed by atoms with van der Waals surface area (Å²) < 4.78 is 0. The summed E-state index contributed by atoms with van der Waals surface area (Å²) in [4.78, 5) is 35.4. The van der Waals surface area contributed by atoms with Gasteiger partial charge in [-0.1, -0.05) is 0 Å². The first kappa shape index (κ1) is 13.9. The summed E-state index contributed by atoms with van der Waals surface area (Å²) in [5, 5.41) is 11.3. The number of nitrogens with one attached hydrogen (secondary N) is 1. The van der Waals surface area contributed by atoms with E-state index < -0.39 is 18.0 Å². The van der Waals surface area contributed by atoms with Crippen molar-refractivity contribution in [3.8, 4) is 0 Å². The zero-order valence-electron chi connectivity index (χ0n) is 10.9. The summed E-state index contributed by atoms with van der Waals surface area (Å²) >= 11 is 0. The Kier molecular flexibility index (Phi) is 3.60. The summed E-state index contributed by atoms with van der Waals surface area (Å²) in [5.41, 5.74) is 6.68. The Morgan fingerprint density at radius 2 is 2.10 bits per heavy atom. The van der Waals surface area contributed by atoms with Crippen LogP contribution in [-0.4, -0.2) is 35.6 Å². The van der Waals surface area contributed by atoms with Gasteiger partial charge in [0, 0.05) is 12.2 Å². The van der Waals surface area contributed by atoms with Crippen molar-refractivity contribution in [2.24, 2.45) is 5.73 Å². The minimum atomic E-state index is -0.999. The first-order valence-corrected chi connectivity index (χ1v) is 6.13. The van der Waals surface area contributed by atoms with Gasteiger partial charge in [-0.15, -0.1) is 0 Å². The molecule has 20 heavy (non-hydrogen) atoms. The number of hydrogen-bond acceptors (Lipinski definition) is 3. The Balaban J connectivity index is 2.21. The third kappa shape index (κ3) is 2.56. The minimum absolute atomic E-state index is 0.196. The fourth-order valence-corrected chi connectivity index (χ4v) is 2.27. The molecule has 7 nitrogen and oxygen atoms in total. The van der Waals surface area contributed by atoms with E-state index in [1.54, 1.807) is 19.1 Å². The van der Waals surface area contributed by atoms with E-state index in [1.807, 2.05) is 0 Å². The molecule has 0 aromatic heterocycles. The van der Waals surface area contributed by atoms with Crippen LogP contribution in [0.4, 0.5) is 10.5 Å². The van der Waals surface area contributed by atoms with E-state index in [4.69, 9.17) is 10.8 Å². The number of primary amides is 1. The van der Waals surface area contributed by atoms with Crippen LogP contribution in [0.15, 0.2) is 18.2 Å². The average molecular weight is 277 g/mol. The maximum atomic E-state index is 12.2. The maximum Gasteiger partial charge on any atom is 0.335 e. The number of hydrogen-bond donors (Lipinski definition) is 3. The number of rotatable bonds is 3. The van der Waals surface area contributed by atoms with E-state index in [1.165, 1.54) is 11.0 Å². The largest absolute Gasteiger partial charge is 0.478 e. The smallest absolute Gasteiger partial charge is 0.335 e. The number of carboxylic acid groups (broad SMARTS) is 1. The van der Waals surface area contributed by atoms with Gasteiger partial charge in [-0.2, -0.15) is 0 Å². The highest BCUT2D eigenvalue weighted by atomic mass is 16.4. The van der Waals surface area contributed by atoms with Gasteiger partial charge in [0.1, 0.15) is 6.04 Å². The molecule has 1 aliphatic rings. The average Bonchev–Trinajstić information content (AvgIpc) is 2.79. The van der Waals surface area contributed by atoms with E-state index >= 15 is 0 Å². The normalized spacial score (nSPS) is 14.6. The number of nitrogens with zero attached hydrogens (tertiary/aromatic N) is 1. The lowest BCUT2D eigenvalue weighted by Gasteiger charge is -2.21. The molecule has 0 radical (unpaired) electrons. The number of urea groups is 1. The number of fused-ring (bicyclic) bond motifs is 1. The highest BCUT2D eigenvalue weighted by molar-refractivity contribution is 6.01. The van der Waals surface area contributed by atoms with E-state index in [0.717, 1.165) is 5.56 Å². The summed E-state index contributed by atoms with van der Waals surface area (Å²) in [7, 11) is 0. The fourth-order valence-electron chi connectivity index (χ4n) is 2.27. The monoisotopic (exact) mass is 277 g/mol. The van der Waals surface area contributed by atoms with Crippen molar-refractivity contribution in [3.05, 3.63) is 29.3 Å². The lowest BCUT2D eigenvalue weighted by molar-refractivity contribution is -0.119. The number of benzene rings is 1. The predicted octanol–water partition coefficient (Wildman–Crippen LogP) is 0.331. The fraction of sp³-hybridized carbons (Fsp3) is 0.308. The van der Waals surface area contributed by atoms with Gasteiger partial charge in [0.15, 0.2) is 0 Å². The lowest BCUT2D eigenvalue weighted by atomic mass is 10.1. The number of amides is 3. The quantitative estimate of drug-likeness (QED) is 0.738. The topological polar surface area (TPSA) is 113 Å². The van der Waals surface area contributed by atoms with Crippen LogP contribution < -0.4 is 16.0 Å². The van der Waals surface area contributed by atoms with Crippen molar-refractivity contribution in [3.63, 3.8) is 0 Å². The Morgan fingerprint density at radius 3 is 2.70 bits per heavy atom. The lowest BCUT2D eigenvalue weighted by Crippen LogP contribution is -2.48. The summed E-state index contributed by atoms with van der Waals surface area (Å²) in [6.07, 6.45) is 0.589. The van der Waals surface area contributed by atoms with Crippen LogP contribution in [0.5, 0.6) is 0 Å². The molecule has 106 valence electrons. The van der Waals surface area contributed by atoms with E-state index in [0.29, 0.717) is 18.7 Å². The van der Waals surface area contributed by atoms with E-state index in [-0.39, 0.29) is 11.5 Å². The summed E-state index contributed by atoms with van der Waals surface area (Å²) in [6, 6.07) is 3.15. The molecule has 4 N–H and O–H groups in total. The third-order valence-corrected chi connectivity index (χ3v) is 3.22. The molecular formula is C13H15N3O4. The third-order valence-electron chi connectivity index (χ3n) is 3.22. The van der Waals surface area contributed by atoms with Gasteiger partial charge in [0.05, 0.1) is 5.56 Å². The highest BCUT2D eigenvalue weighted by Crippen LogP contribution is 2.29. The second kappa shape index (κ2) is 5.20. The van der Waals surface area contributed by atoms with Crippen molar-refractivity contribution < 1.29 is 19.5 Å². The number of carbonyl (C=O) groups excluding carboxylic acids is 2. The Bertz CT molecular complexity index is 585. The molecule has 7 heteroatoms. The maximum absolute atomic E-state index is 12.2. The van der Waals surface area contributed by atoms with Gasteiger partial charge in [0.25, 0.3) is 0 Å². The van der Waals surface area contributed by atoms with Crippen LogP contribution >= 0.6 is 0 Å². The van der Waals surface area contributed by atoms with Gasteiger partial charge in [-0.3, -0.25) is 4.79 Å². The molecule has 1 heterocycles. The SMILES string of the molecule is CC(NC(N)=O)C(=O)N1CCc2cc(C(=O)O)ccc21. The standard InChI is InChI=1S/C13H15N3O4/c1-7(15-13(14)20)11(17)16-5-4-8-6-9(12(18)19)2-3-10(8)16/h2-3,6-7H,4-5H2,1H3,(H,18,19)(H3,14,15,20). The van der Waals surface area contributed by atoms with Gasteiger partial charge in [-0.25, -0.2) is 9.59 Å². The predicted molar refractivity (Wildman–Crippen MR) is 71.6 cm³/mol. The van der Waals surface area contributed by atoms with Crippen LogP contribution in [0.1, 0.15) is 22.8 Å². The van der Waals surface area contributed by atoms with Crippen molar-refractivity contribution in [2.75, 3.05) is 11.4 Å². The van der Waals surface area contributed by atoms with Crippen molar-refractivity contribution >= 4 is 23.6 Å². The van der Waals surface area contributed by atoms with Crippen molar-refractivity contribution in [1.82, 2.24) is 5.32 Å². The molecule has 0 saturated heterocycles. The van der Waals surface area contributed by atoms with Gasteiger partial charge in [-0.05, 0) is 37.1 Å². The molecule has 1 unspecified atom stereocenters. The van der Waals surface area contributed by atoms with Crippen LogP contribution in [0.25, 0.3) is 0 Å². The highest BCUT2D eigenvalue weighted by Gasteiger charge is 2.28. The molecule has 0 saturated carbocycles. The Hall–Kier alpha value is -2.57. The number of carboxylic acids is 1. The second-order valence-corrected chi connectivity index (χ2v) is 4.62. The molecule has 0 fully saturated rings. The van der Waals surface area contributed by atoms with Crippen LogP contribution in [0, 0.1) is 0 Å². The zero-order chi connectivity index (χ0) is 14.9. The van der Waals surface area contributed by atoms with Gasteiger partial charge in [0.2, 0.25) is 5.91 Å². The molecule has 1 aliphatic heterocycles.